The maximum Gasteiger partial charge on any atom is 0.0709 e. The summed E-state index contributed by atoms with van der Waals surface area (Å²) in [6, 6.07) is 8.78. The van der Waals surface area contributed by atoms with Gasteiger partial charge in [-0.05, 0) is 79.0 Å². The average molecular weight is 321 g/mol. The van der Waals surface area contributed by atoms with Crippen molar-refractivity contribution in [3.05, 3.63) is 54.2 Å². The number of aryl methyl sites for hydroxylation is 1. The van der Waals surface area contributed by atoms with E-state index in [0.717, 1.165) is 30.5 Å². The largest absolute Gasteiger partial charge is 0.381 e. The molecule has 1 aromatic carbocycles. The fourth-order valence-electron chi connectivity index (χ4n) is 3.78. The third-order valence-corrected chi connectivity index (χ3v) is 5.37. The second-order valence-corrected chi connectivity index (χ2v) is 6.73. The molecule has 126 valence electrons. The lowest BCUT2D eigenvalue weighted by atomic mass is 9.80. The van der Waals surface area contributed by atoms with Crippen LogP contribution in [-0.2, 0) is 11.2 Å². The van der Waals surface area contributed by atoms with Crippen molar-refractivity contribution in [2.24, 2.45) is 5.92 Å². The smallest absolute Gasteiger partial charge is 0.0709 e. The highest BCUT2D eigenvalue weighted by Crippen LogP contribution is 2.36. The molecule has 1 saturated carbocycles. The number of rotatable bonds is 5. The summed E-state index contributed by atoms with van der Waals surface area (Å²) in [5.41, 5.74) is 5.79. The number of benzene rings is 1. The molecule has 1 aliphatic rings. The highest BCUT2D eigenvalue weighted by molar-refractivity contribution is 5.85. The molecule has 1 aromatic heterocycles. The van der Waals surface area contributed by atoms with Crippen molar-refractivity contribution in [2.75, 3.05) is 7.11 Å². The van der Waals surface area contributed by atoms with Crippen molar-refractivity contribution in [3.8, 4) is 0 Å². The van der Waals surface area contributed by atoms with Crippen LogP contribution in [0.5, 0.6) is 0 Å². The molecule has 0 radical (unpaired) electrons. The van der Waals surface area contributed by atoms with Crippen LogP contribution in [0, 0.1) is 5.92 Å². The van der Waals surface area contributed by atoms with Crippen LogP contribution < -0.4 is 0 Å². The second kappa shape index (κ2) is 7.31. The van der Waals surface area contributed by atoms with Gasteiger partial charge in [0.25, 0.3) is 0 Å². The first-order valence-corrected chi connectivity index (χ1v) is 8.94. The van der Waals surface area contributed by atoms with E-state index in [2.05, 4.69) is 44.3 Å². The molecule has 0 aliphatic heterocycles. The van der Waals surface area contributed by atoms with Gasteiger partial charge < -0.3 is 4.74 Å². The van der Waals surface area contributed by atoms with Crippen LogP contribution in [-0.4, -0.2) is 18.2 Å². The predicted molar refractivity (Wildman–Crippen MR) is 103 cm³/mol. The Morgan fingerprint density at radius 3 is 2.62 bits per heavy atom. The van der Waals surface area contributed by atoms with E-state index >= 15 is 0 Å². The number of fused-ring (bicyclic) bond motifs is 1. The SMILES string of the molecule is C=Cc1nc2ccc(C(=C)C3CCC(OC)CC3)cc2cc1CC. The van der Waals surface area contributed by atoms with Crippen LogP contribution >= 0.6 is 0 Å². The maximum absolute atomic E-state index is 5.48. The summed E-state index contributed by atoms with van der Waals surface area (Å²) in [4.78, 5) is 4.73. The van der Waals surface area contributed by atoms with Gasteiger partial charge in [0.2, 0.25) is 0 Å². The number of aromatic nitrogens is 1. The van der Waals surface area contributed by atoms with E-state index in [9.17, 15) is 0 Å². The molecule has 0 N–H and O–H groups in total. The number of ether oxygens (including phenoxy) is 1. The van der Waals surface area contributed by atoms with E-state index in [0.29, 0.717) is 12.0 Å². The van der Waals surface area contributed by atoms with E-state index in [1.54, 1.807) is 0 Å². The van der Waals surface area contributed by atoms with Crippen LogP contribution in [0.15, 0.2) is 37.4 Å². The molecule has 0 saturated heterocycles. The summed E-state index contributed by atoms with van der Waals surface area (Å²) in [6.07, 6.45) is 7.86. The third kappa shape index (κ3) is 3.29. The highest BCUT2D eigenvalue weighted by Gasteiger charge is 2.23. The van der Waals surface area contributed by atoms with Gasteiger partial charge in [0.1, 0.15) is 0 Å². The Hall–Kier alpha value is -1.93. The topological polar surface area (TPSA) is 22.1 Å². The summed E-state index contributed by atoms with van der Waals surface area (Å²) in [5.74, 6) is 0.569. The maximum atomic E-state index is 5.48. The lowest BCUT2D eigenvalue weighted by Crippen LogP contribution is -2.20. The number of methoxy groups -OCH3 is 1. The Morgan fingerprint density at radius 2 is 2.00 bits per heavy atom. The number of hydrogen-bond acceptors (Lipinski definition) is 2. The van der Waals surface area contributed by atoms with Crippen LogP contribution in [0.25, 0.3) is 22.6 Å². The first kappa shape index (κ1) is 16.9. The van der Waals surface area contributed by atoms with E-state index < -0.39 is 0 Å². The fourth-order valence-corrected chi connectivity index (χ4v) is 3.78. The van der Waals surface area contributed by atoms with Crippen molar-refractivity contribution >= 4 is 22.6 Å². The summed E-state index contributed by atoms with van der Waals surface area (Å²) in [5, 5.41) is 1.20. The van der Waals surface area contributed by atoms with Gasteiger partial charge >= 0.3 is 0 Å². The van der Waals surface area contributed by atoms with E-state index in [1.165, 1.54) is 34.9 Å². The Labute approximate surface area is 145 Å². The molecule has 2 aromatic rings. The summed E-state index contributed by atoms with van der Waals surface area (Å²) < 4.78 is 5.48. The van der Waals surface area contributed by atoms with E-state index in [4.69, 9.17) is 9.72 Å². The lowest BCUT2D eigenvalue weighted by Gasteiger charge is -2.29. The van der Waals surface area contributed by atoms with Crippen molar-refractivity contribution in [1.82, 2.24) is 4.98 Å². The number of nitrogens with zero attached hydrogens (tertiary/aromatic N) is 1. The van der Waals surface area contributed by atoms with Gasteiger partial charge in [0.15, 0.2) is 0 Å². The molecule has 24 heavy (non-hydrogen) atoms. The number of pyridine rings is 1. The van der Waals surface area contributed by atoms with Crippen molar-refractivity contribution in [2.45, 2.75) is 45.1 Å². The first-order valence-electron chi connectivity index (χ1n) is 8.94. The van der Waals surface area contributed by atoms with E-state index in [1.807, 2.05) is 13.2 Å². The molecular formula is C22H27NO. The molecule has 0 amide bonds. The fraction of sp³-hybridized carbons (Fsp3) is 0.409. The molecule has 2 heteroatoms. The standard InChI is InChI=1S/C22H27NO/c1-5-16-13-19-14-18(9-12-22(19)23-21(16)6-2)15(3)17-7-10-20(24-4)11-8-17/h6,9,12-14,17,20H,2-3,5,7-8,10-11H2,1,4H3. The molecular weight excluding hydrogens is 294 g/mol. The minimum absolute atomic E-state index is 0.430. The summed E-state index contributed by atoms with van der Waals surface area (Å²) in [6.45, 7) is 10.4. The third-order valence-electron chi connectivity index (χ3n) is 5.37. The van der Waals surface area contributed by atoms with Gasteiger partial charge in [0, 0.05) is 12.5 Å². The zero-order chi connectivity index (χ0) is 17.1. The molecule has 1 fully saturated rings. The summed E-state index contributed by atoms with van der Waals surface area (Å²) >= 11 is 0. The van der Waals surface area contributed by atoms with Gasteiger partial charge in [0.05, 0.1) is 17.3 Å². The minimum atomic E-state index is 0.430. The van der Waals surface area contributed by atoms with Crippen LogP contribution in [0.4, 0.5) is 0 Å². The van der Waals surface area contributed by atoms with Crippen LogP contribution in [0.3, 0.4) is 0 Å². The summed E-state index contributed by atoms with van der Waals surface area (Å²) in [7, 11) is 1.82. The lowest BCUT2D eigenvalue weighted by molar-refractivity contribution is 0.0638. The Balaban J connectivity index is 1.87. The quantitative estimate of drug-likeness (QED) is 0.709. The zero-order valence-electron chi connectivity index (χ0n) is 14.8. The molecule has 0 atom stereocenters. The van der Waals surface area contributed by atoms with Crippen LogP contribution in [0.1, 0.15) is 49.4 Å². The molecule has 0 spiro atoms. The van der Waals surface area contributed by atoms with Crippen molar-refractivity contribution in [1.29, 1.82) is 0 Å². The van der Waals surface area contributed by atoms with Gasteiger partial charge in [-0.15, -0.1) is 0 Å². The van der Waals surface area contributed by atoms with E-state index in [-0.39, 0.29) is 0 Å². The van der Waals surface area contributed by atoms with Crippen molar-refractivity contribution < 1.29 is 4.74 Å². The monoisotopic (exact) mass is 321 g/mol. The Bertz CT molecular complexity index is 754. The molecule has 2 nitrogen and oxygen atoms in total. The first-order chi connectivity index (χ1) is 11.7. The molecule has 1 heterocycles. The normalized spacial score (nSPS) is 20.9. The van der Waals surface area contributed by atoms with Gasteiger partial charge in [-0.2, -0.15) is 0 Å². The number of allylic oxidation sites excluding steroid dienone is 1. The number of hydrogen-bond donors (Lipinski definition) is 0. The van der Waals surface area contributed by atoms with Crippen LogP contribution in [0.2, 0.25) is 0 Å². The highest BCUT2D eigenvalue weighted by atomic mass is 16.5. The van der Waals surface area contributed by atoms with Gasteiger partial charge in [-0.1, -0.05) is 26.1 Å². The molecule has 1 aliphatic carbocycles. The van der Waals surface area contributed by atoms with Gasteiger partial charge in [-0.25, -0.2) is 4.98 Å². The van der Waals surface area contributed by atoms with Gasteiger partial charge in [-0.3, -0.25) is 0 Å². The Morgan fingerprint density at radius 1 is 1.25 bits per heavy atom. The minimum Gasteiger partial charge on any atom is -0.381 e. The molecule has 0 bridgehead atoms. The second-order valence-electron chi connectivity index (χ2n) is 6.73. The predicted octanol–water partition coefficient (Wildman–Crippen LogP) is 5.66. The Kier molecular flexibility index (Phi) is 5.15. The molecule has 0 unspecified atom stereocenters. The zero-order valence-corrected chi connectivity index (χ0v) is 14.8. The van der Waals surface area contributed by atoms with Crippen molar-refractivity contribution in [3.63, 3.8) is 0 Å². The average Bonchev–Trinajstić information content (AvgIpc) is 2.65. The molecule has 3 rings (SSSR count).